The molecular weight excluding hydrogens is 431 g/mol. The van der Waals surface area contributed by atoms with E-state index in [4.69, 9.17) is 18.9 Å². The maximum atomic E-state index is 5.91. The molecule has 0 aliphatic rings. The Labute approximate surface area is 160 Å². The van der Waals surface area contributed by atoms with Crippen molar-refractivity contribution in [3.8, 4) is 11.5 Å². The Morgan fingerprint density at radius 2 is 1.08 bits per heavy atom. The first kappa shape index (κ1) is 20.0. The minimum absolute atomic E-state index is 0.398. The van der Waals surface area contributed by atoms with Crippen molar-refractivity contribution >= 4 is 0 Å². The smallest absolute Gasteiger partial charge is 0.366 e. The fraction of sp³-hybridized carbons (Fsp3) is 0.400. The van der Waals surface area contributed by atoms with Gasteiger partial charge in [0.15, 0.2) is 11.5 Å². The molecule has 0 aliphatic carbocycles. The molecule has 0 unspecified atom stereocenters. The van der Waals surface area contributed by atoms with Crippen LogP contribution >= 0.6 is 0 Å². The molecule has 0 spiro atoms. The molecule has 2 aromatic carbocycles. The van der Waals surface area contributed by atoms with Gasteiger partial charge in [-0.2, -0.15) is 0 Å². The maximum absolute atomic E-state index is 5.91. The standard InChI is InChI=1S/C20H26IO4/c1-3-22-13-15-24-19-11-7-5-9-17(19)21-18-10-6-8-12-20(18)25-16-14-23-4-2/h5-12H,3-4,13-16H2,1-2H3/q+1. The Morgan fingerprint density at radius 1 is 0.640 bits per heavy atom. The molecule has 4 nitrogen and oxygen atoms in total. The molecule has 0 aliphatic heterocycles. The highest BCUT2D eigenvalue weighted by atomic mass is 127. The lowest BCUT2D eigenvalue weighted by molar-refractivity contribution is -0.599. The summed E-state index contributed by atoms with van der Waals surface area (Å²) in [6.45, 7) is 7.77. The average molecular weight is 457 g/mol. The summed E-state index contributed by atoms with van der Waals surface area (Å²) in [6.07, 6.45) is 0. The Hall–Kier alpha value is -1.31. The van der Waals surface area contributed by atoms with E-state index in [-0.39, 0.29) is 0 Å². The molecule has 2 rings (SSSR count). The van der Waals surface area contributed by atoms with Crippen molar-refractivity contribution in [2.24, 2.45) is 0 Å². The average Bonchev–Trinajstić information content (AvgIpc) is 2.65. The quantitative estimate of drug-likeness (QED) is 0.347. The molecule has 25 heavy (non-hydrogen) atoms. The van der Waals surface area contributed by atoms with Crippen LogP contribution in [0.4, 0.5) is 0 Å². The van der Waals surface area contributed by atoms with Crippen LogP contribution in [-0.2, 0) is 9.47 Å². The zero-order valence-electron chi connectivity index (χ0n) is 14.9. The van der Waals surface area contributed by atoms with Gasteiger partial charge in [0.1, 0.15) is 13.2 Å². The molecule has 0 N–H and O–H groups in total. The van der Waals surface area contributed by atoms with Crippen LogP contribution in [-0.4, -0.2) is 39.6 Å². The number of para-hydroxylation sites is 2. The second-order valence-electron chi connectivity index (χ2n) is 5.05. The molecule has 0 saturated heterocycles. The number of ether oxygens (including phenoxy) is 4. The molecule has 0 bridgehead atoms. The summed E-state index contributed by atoms with van der Waals surface area (Å²) in [6, 6.07) is 16.5. The van der Waals surface area contributed by atoms with Crippen LogP contribution in [0, 0.1) is 7.14 Å². The van der Waals surface area contributed by atoms with Crippen LogP contribution in [0.15, 0.2) is 48.5 Å². The number of hydrogen-bond donors (Lipinski definition) is 0. The SMILES string of the molecule is CCOCCOc1ccccc1[I+]c1ccccc1OCCOCC. The molecule has 0 fully saturated rings. The van der Waals surface area contributed by atoms with Crippen molar-refractivity contribution in [3.05, 3.63) is 55.7 Å². The zero-order chi connectivity index (χ0) is 17.7. The Bertz CT molecular complexity index is 565. The van der Waals surface area contributed by atoms with E-state index < -0.39 is 21.2 Å². The largest absolute Gasteiger partial charge is 0.486 e. The third-order valence-electron chi connectivity index (χ3n) is 3.26. The summed E-state index contributed by atoms with van der Waals surface area (Å²) in [5.41, 5.74) is 0. The van der Waals surface area contributed by atoms with E-state index in [1.807, 2.05) is 38.1 Å². The lowest BCUT2D eigenvalue weighted by Crippen LogP contribution is -3.61. The van der Waals surface area contributed by atoms with Crippen molar-refractivity contribution in [2.45, 2.75) is 13.8 Å². The van der Waals surface area contributed by atoms with Gasteiger partial charge in [-0.1, -0.05) is 24.3 Å². The third kappa shape index (κ3) is 7.22. The van der Waals surface area contributed by atoms with Gasteiger partial charge >= 0.3 is 21.2 Å². The van der Waals surface area contributed by atoms with Crippen LogP contribution in [0.5, 0.6) is 11.5 Å². The lowest BCUT2D eigenvalue weighted by Gasteiger charge is -2.07. The molecule has 0 heterocycles. The normalized spacial score (nSPS) is 10.6. The van der Waals surface area contributed by atoms with Gasteiger partial charge in [0.25, 0.3) is 0 Å². The molecular formula is C20H26IO4+. The fourth-order valence-corrected chi connectivity index (χ4v) is 4.70. The van der Waals surface area contributed by atoms with E-state index in [1.165, 1.54) is 7.14 Å². The van der Waals surface area contributed by atoms with Gasteiger partial charge in [0.05, 0.1) is 13.2 Å². The van der Waals surface area contributed by atoms with E-state index in [2.05, 4.69) is 24.3 Å². The van der Waals surface area contributed by atoms with Crippen LogP contribution < -0.4 is 30.7 Å². The number of benzene rings is 2. The molecule has 2 aromatic rings. The van der Waals surface area contributed by atoms with Crippen molar-refractivity contribution in [2.75, 3.05) is 39.6 Å². The Kier molecular flexibility index (Phi) is 9.69. The Balaban J connectivity index is 2.01. The van der Waals surface area contributed by atoms with Crippen molar-refractivity contribution in [3.63, 3.8) is 0 Å². The highest BCUT2D eigenvalue weighted by Gasteiger charge is 2.24. The van der Waals surface area contributed by atoms with Gasteiger partial charge in [0, 0.05) is 13.2 Å². The summed E-state index contributed by atoms with van der Waals surface area (Å²) < 4.78 is 25.0. The van der Waals surface area contributed by atoms with Gasteiger partial charge in [0.2, 0.25) is 7.14 Å². The van der Waals surface area contributed by atoms with E-state index >= 15 is 0 Å². The molecule has 0 radical (unpaired) electrons. The number of rotatable bonds is 12. The van der Waals surface area contributed by atoms with Gasteiger partial charge in [-0.25, -0.2) is 0 Å². The van der Waals surface area contributed by atoms with Crippen LogP contribution in [0.25, 0.3) is 0 Å². The van der Waals surface area contributed by atoms with Gasteiger partial charge in [-0.15, -0.1) is 0 Å². The summed E-state index contributed by atoms with van der Waals surface area (Å²) in [7, 11) is 0. The second-order valence-corrected chi connectivity index (χ2v) is 7.91. The van der Waals surface area contributed by atoms with Gasteiger partial charge in [-0.3, -0.25) is 0 Å². The zero-order valence-corrected chi connectivity index (χ0v) is 17.0. The van der Waals surface area contributed by atoms with E-state index in [1.54, 1.807) is 0 Å². The third-order valence-corrected chi connectivity index (χ3v) is 6.20. The number of hydrogen-bond acceptors (Lipinski definition) is 4. The topological polar surface area (TPSA) is 36.9 Å². The fourth-order valence-electron chi connectivity index (χ4n) is 2.10. The summed E-state index contributed by atoms with van der Waals surface area (Å²) in [5, 5.41) is 0. The number of halogens is 1. The molecule has 136 valence electrons. The molecule has 0 amide bonds. The maximum Gasteiger partial charge on any atom is 0.366 e. The first-order chi connectivity index (χ1) is 12.3. The summed E-state index contributed by atoms with van der Waals surface area (Å²) >= 11 is -0.398. The van der Waals surface area contributed by atoms with Gasteiger partial charge in [-0.05, 0) is 38.1 Å². The monoisotopic (exact) mass is 457 g/mol. The molecule has 0 aromatic heterocycles. The minimum atomic E-state index is -0.398. The first-order valence-corrected chi connectivity index (χ1v) is 10.7. The first-order valence-electron chi connectivity index (χ1n) is 8.59. The van der Waals surface area contributed by atoms with Crippen molar-refractivity contribution in [1.29, 1.82) is 0 Å². The summed E-state index contributed by atoms with van der Waals surface area (Å²) in [4.78, 5) is 0. The van der Waals surface area contributed by atoms with E-state index in [0.29, 0.717) is 39.6 Å². The highest BCUT2D eigenvalue weighted by molar-refractivity contribution is 5.23. The lowest BCUT2D eigenvalue weighted by atomic mass is 10.3. The second kappa shape index (κ2) is 12.1. The molecule has 0 saturated carbocycles. The van der Waals surface area contributed by atoms with E-state index in [9.17, 15) is 0 Å². The van der Waals surface area contributed by atoms with Crippen molar-refractivity contribution in [1.82, 2.24) is 0 Å². The minimum Gasteiger partial charge on any atom is -0.486 e. The Morgan fingerprint density at radius 3 is 1.52 bits per heavy atom. The predicted octanol–water partition coefficient (Wildman–Crippen LogP) is 0.646. The van der Waals surface area contributed by atoms with Crippen molar-refractivity contribution < 1.29 is 40.2 Å². The van der Waals surface area contributed by atoms with Crippen LogP contribution in [0.2, 0.25) is 0 Å². The molecule has 0 atom stereocenters. The van der Waals surface area contributed by atoms with Gasteiger partial charge < -0.3 is 18.9 Å². The van der Waals surface area contributed by atoms with Crippen LogP contribution in [0.3, 0.4) is 0 Å². The summed E-state index contributed by atoms with van der Waals surface area (Å²) in [5.74, 6) is 1.89. The predicted molar refractivity (Wildman–Crippen MR) is 94.3 cm³/mol. The van der Waals surface area contributed by atoms with E-state index in [0.717, 1.165) is 11.5 Å². The van der Waals surface area contributed by atoms with Crippen LogP contribution in [0.1, 0.15) is 13.8 Å². The molecule has 5 heteroatoms. The highest BCUT2D eigenvalue weighted by Crippen LogP contribution is 2.11.